The number of halogens is 2. The predicted octanol–water partition coefficient (Wildman–Crippen LogP) is 7.21. The largest absolute Gasteiger partial charge is 0.490 e. The minimum absolute atomic E-state index is 0.194. The Balaban J connectivity index is 1.50. The lowest BCUT2D eigenvalue weighted by atomic mass is 10.1. The molecule has 3 aromatic carbocycles. The first kappa shape index (κ1) is 24.2. The second kappa shape index (κ2) is 11.0. The maximum atomic E-state index is 12.9. The van der Waals surface area contributed by atoms with Crippen LogP contribution in [0.5, 0.6) is 11.5 Å². The molecule has 2 amide bonds. The van der Waals surface area contributed by atoms with Crippen LogP contribution in [0.25, 0.3) is 6.08 Å². The van der Waals surface area contributed by atoms with E-state index in [-0.39, 0.29) is 17.7 Å². The number of hydrogen-bond donors (Lipinski definition) is 0. The van der Waals surface area contributed by atoms with Crippen molar-refractivity contribution in [2.45, 2.75) is 20.1 Å². The van der Waals surface area contributed by atoms with Gasteiger partial charge in [-0.3, -0.25) is 14.5 Å². The SMILES string of the molecule is CCOc1cc(/C=C2\SC(=O)N(Cc3ccc(Cl)cc3)C2=O)ccc1OCc1cccc(Cl)c1. The zero-order valence-corrected chi connectivity index (χ0v) is 20.6. The number of carbonyl (C=O) groups is 2. The third-order valence-corrected chi connectivity index (χ3v) is 6.37. The molecule has 4 rings (SSSR count). The third kappa shape index (κ3) is 5.95. The molecule has 0 atom stereocenters. The van der Waals surface area contributed by atoms with Crippen LogP contribution in [0.3, 0.4) is 0 Å². The quantitative estimate of drug-likeness (QED) is 0.298. The van der Waals surface area contributed by atoms with Crippen LogP contribution in [0, 0.1) is 0 Å². The summed E-state index contributed by atoms with van der Waals surface area (Å²) < 4.78 is 11.7. The van der Waals surface area contributed by atoms with Crippen LogP contribution < -0.4 is 9.47 Å². The van der Waals surface area contributed by atoms with E-state index in [0.717, 1.165) is 28.5 Å². The van der Waals surface area contributed by atoms with Crippen LogP contribution in [0.4, 0.5) is 4.79 Å². The van der Waals surface area contributed by atoms with E-state index in [1.54, 1.807) is 42.5 Å². The molecule has 0 unspecified atom stereocenters. The molecule has 8 heteroatoms. The van der Waals surface area contributed by atoms with Gasteiger partial charge in [-0.1, -0.05) is 53.5 Å². The monoisotopic (exact) mass is 513 g/mol. The first-order valence-electron chi connectivity index (χ1n) is 10.6. The number of nitrogens with zero attached hydrogens (tertiary/aromatic N) is 1. The van der Waals surface area contributed by atoms with E-state index >= 15 is 0 Å². The Hall–Kier alpha value is -2.93. The Morgan fingerprint density at radius 2 is 1.68 bits per heavy atom. The summed E-state index contributed by atoms with van der Waals surface area (Å²) in [4.78, 5) is 26.9. The Bertz CT molecular complexity index is 1240. The van der Waals surface area contributed by atoms with E-state index in [9.17, 15) is 9.59 Å². The fraction of sp³-hybridized carbons (Fsp3) is 0.154. The smallest absolute Gasteiger partial charge is 0.293 e. The Labute approximate surface area is 212 Å². The molecule has 1 fully saturated rings. The molecule has 0 N–H and O–H groups in total. The van der Waals surface area contributed by atoms with Crippen LogP contribution in [0.2, 0.25) is 10.0 Å². The minimum atomic E-state index is -0.329. The molecular formula is C26H21Cl2NO4S. The number of rotatable bonds is 8. The van der Waals surface area contributed by atoms with Gasteiger partial charge in [0.25, 0.3) is 11.1 Å². The van der Waals surface area contributed by atoms with Gasteiger partial charge in [-0.15, -0.1) is 0 Å². The highest BCUT2D eigenvalue weighted by molar-refractivity contribution is 8.18. The minimum Gasteiger partial charge on any atom is -0.490 e. The lowest BCUT2D eigenvalue weighted by Crippen LogP contribution is -2.27. The van der Waals surface area contributed by atoms with Crippen LogP contribution in [0.1, 0.15) is 23.6 Å². The zero-order chi connectivity index (χ0) is 24.1. The Kier molecular flexibility index (Phi) is 7.83. The number of ether oxygens (including phenoxy) is 2. The van der Waals surface area contributed by atoms with Gasteiger partial charge in [-0.05, 0) is 77.9 Å². The van der Waals surface area contributed by atoms with E-state index in [1.807, 2.05) is 37.3 Å². The molecule has 3 aromatic rings. The maximum absolute atomic E-state index is 12.9. The van der Waals surface area contributed by atoms with Gasteiger partial charge in [0.1, 0.15) is 6.61 Å². The highest BCUT2D eigenvalue weighted by atomic mass is 35.5. The molecule has 1 aliphatic rings. The van der Waals surface area contributed by atoms with Crippen molar-refractivity contribution in [3.05, 3.63) is 98.4 Å². The van der Waals surface area contributed by atoms with Gasteiger partial charge in [0.05, 0.1) is 18.1 Å². The predicted molar refractivity (Wildman–Crippen MR) is 136 cm³/mol. The average molecular weight is 514 g/mol. The Morgan fingerprint density at radius 1 is 0.882 bits per heavy atom. The average Bonchev–Trinajstić information content (AvgIpc) is 3.07. The van der Waals surface area contributed by atoms with E-state index in [1.165, 1.54) is 4.90 Å². The van der Waals surface area contributed by atoms with Gasteiger partial charge < -0.3 is 9.47 Å². The highest BCUT2D eigenvalue weighted by Gasteiger charge is 2.35. The van der Waals surface area contributed by atoms with Crippen molar-refractivity contribution in [2.24, 2.45) is 0 Å². The van der Waals surface area contributed by atoms with Gasteiger partial charge in [-0.25, -0.2) is 0 Å². The second-order valence-corrected chi connectivity index (χ2v) is 9.32. The van der Waals surface area contributed by atoms with Crippen molar-refractivity contribution in [2.75, 3.05) is 6.61 Å². The number of thioether (sulfide) groups is 1. The standard InChI is InChI=1S/C26H21Cl2NO4S/c1-2-32-23-13-18(8-11-22(23)33-16-19-4-3-5-21(28)12-19)14-24-25(30)29(26(31)34-24)15-17-6-9-20(27)10-7-17/h3-14H,2,15-16H2,1H3/b24-14-. The summed E-state index contributed by atoms with van der Waals surface area (Å²) in [5, 5.41) is 0.937. The summed E-state index contributed by atoms with van der Waals surface area (Å²) in [6.07, 6.45) is 1.69. The molecular weight excluding hydrogens is 493 g/mol. The normalized spacial score (nSPS) is 14.7. The van der Waals surface area contributed by atoms with Crippen LogP contribution in [0.15, 0.2) is 71.6 Å². The molecule has 34 heavy (non-hydrogen) atoms. The summed E-state index contributed by atoms with van der Waals surface area (Å²) in [5.74, 6) is 0.803. The summed E-state index contributed by atoms with van der Waals surface area (Å²) in [5.41, 5.74) is 2.50. The van der Waals surface area contributed by atoms with Gasteiger partial charge in [0, 0.05) is 10.0 Å². The van der Waals surface area contributed by atoms with Crippen molar-refractivity contribution < 1.29 is 19.1 Å². The second-order valence-electron chi connectivity index (χ2n) is 7.45. The third-order valence-electron chi connectivity index (χ3n) is 4.98. The zero-order valence-electron chi connectivity index (χ0n) is 18.3. The first-order valence-corrected chi connectivity index (χ1v) is 12.1. The summed E-state index contributed by atoms with van der Waals surface area (Å²) in [6.45, 7) is 2.87. The lowest BCUT2D eigenvalue weighted by Gasteiger charge is -2.13. The summed E-state index contributed by atoms with van der Waals surface area (Å²) in [6, 6.07) is 19.9. The van der Waals surface area contributed by atoms with E-state index in [2.05, 4.69) is 0 Å². The number of hydrogen-bond acceptors (Lipinski definition) is 5. The molecule has 0 aliphatic carbocycles. The fourth-order valence-corrected chi connectivity index (χ4v) is 4.53. The van der Waals surface area contributed by atoms with Gasteiger partial charge in [-0.2, -0.15) is 0 Å². The number of imide groups is 1. The molecule has 0 spiro atoms. The van der Waals surface area contributed by atoms with Crippen LogP contribution in [-0.4, -0.2) is 22.7 Å². The first-order chi connectivity index (χ1) is 16.4. The van der Waals surface area contributed by atoms with E-state index < -0.39 is 0 Å². The van der Waals surface area contributed by atoms with E-state index in [0.29, 0.717) is 39.7 Å². The molecule has 174 valence electrons. The van der Waals surface area contributed by atoms with Crippen molar-refractivity contribution in [3.8, 4) is 11.5 Å². The van der Waals surface area contributed by atoms with Crippen LogP contribution in [-0.2, 0) is 17.9 Å². The molecule has 0 aromatic heterocycles. The number of amides is 2. The number of benzene rings is 3. The Morgan fingerprint density at radius 3 is 2.41 bits per heavy atom. The molecule has 1 aliphatic heterocycles. The summed E-state index contributed by atoms with van der Waals surface area (Å²) in [7, 11) is 0. The van der Waals surface area contributed by atoms with Crippen molar-refractivity contribution >= 4 is 52.2 Å². The fourth-order valence-electron chi connectivity index (χ4n) is 3.35. The molecule has 0 radical (unpaired) electrons. The molecule has 0 saturated carbocycles. The summed E-state index contributed by atoms with van der Waals surface area (Å²) >= 11 is 12.9. The van der Waals surface area contributed by atoms with Crippen molar-refractivity contribution in [1.29, 1.82) is 0 Å². The van der Waals surface area contributed by atoms with Crippen molar-refractivity contribution in [1.82, 2.24) is 4.90 Å². The van der Waals surface area contributed by atoms with Gasteiger partial charge in [0.15, 0.2) is 11.5 Å². The van der Waals surface area contributed by atoms with Gasteiger partial charge >= 0.3 is 0 Å². The maximum Gasteiger partial charge on any atom is 0.293 e. The molecule has 5 nitrogen and oxygen atoms in total. The highest BCUT2D eigenvalue weighted by Crippen LogP contribution is 2.35. The van der Waals surface area contributed by atoms with Gasteiger partial charge in [0.2, 0.25) is 0 Å². The lowest BCUT2D eigenvalue weighted by molar-refractivity contribution is -0.123. The molecule has 1 heterocycles. The topological polar surface area (TPSA) is 55.8 Å². The molecule has 1 saturated heterocycles. The molecule has 0 bridgehead atoms. The number of carbonyl (C=O) groups excluding carboxylic acids is 2. The van der Waals surface area contributed by atoms with Crippen molar-refractivity contribution in [3.63, 3.8) is 0 Å². The van der Waals surface area contributed by atoms with E-state index in [4.69, 9.17) is 32.7 Å². The van der Waals surface area contributed by atoms with Crippen LogP contribution >= 0.6 is 35.0 Å².